The quantitative estimate of drug-likeness (QED) is 0.201. The summed E-state index contributed by atoms with van der Waals surface area (Å²) >= 11 is 0. The van der Waals surface area contributed by atoms with E-state index in [-0.39, 0.29) is 5.75 Å². The van der Waals surface area contributed by atoms with Gasteiger partial charge in [0.05, 0.1) is 19.8 Å². The van der Waals surface area contributed by atoms with Crippen LogP contribution in [-0.4, -0.2) is 110 Å². The summed E-state index contributed by atoms with van der Waals surface area (Å²) in [7, 11) is 0. The van der Waals surface area contributed by atoms with Gasteiger partial charge in [-0.1, -0.05) is 12.1 Å². The molecule has 1 aromatic carbocycles. The maximum absolute atomic E-state index is 10.6. The van der Waals surface area contributed by atoms with Crippen molar-refractivity contribution >= 4 is 12.0 Å². The third-order valence-corrected chi connectivity index (χ3v) is 5.25. The Bertz CT molecular complexity index is 798. The molecule has 12 nitrogen and oxygen atoms in total. The van der Waals surface area contributed by atoms with Crippen LogP contribution in [0.2, 0.25) is 0 Å². The summed E-state index contributed by atoms with van der Waals surface area (Å²) in [6.07, 6.45) is -7.95. The van der Waals surface area contributed by atoms with Gasteiger partial charge in [0, 0.05) is 6.08 Å². The molecule has 8 atom stereocenters. The highest BCUT2D eigenvalue weighted by molar-refractivity contribution is 5.85. The van der Waals surface area contributed by atoms with Gasteiger partial charge in [-0.05, 0) is 23.8 Å². The first-order valence-corrected chi connectivity index (χ1v) is 9.77. The summed E-state index contributed by atoms with van der Waals surface area (Å²) in [5.74, 6) is -0.871. The maximum Gasteiger partial charge on any atom is 0.328 e. The highest BCUT2D eigenvalue weighted by Crippen LogP contribution is 2.32. The van der Waals surface area contributed by atoms with E-state index in [1.807, 2.05) is 0 Å². The summed E-state index contributed by atoms with van der Waals surface area (Å²) in [5, 5.41) is 68.5. The van der Waals surface area contributed by atoms with Gasteiger partial charge in [-0.15, -0.1) is 0 Å². The van der Waals surface area contributed by atoms with Gasteiger partial charge in [0.25, 0.3) is 0 Å². The molecule has 12 heteroatoms. The van der Waals surface area contributed by atoms with E-state index >= 15 is 0 Å². The number of benzene rings is 1. The van der Waals surface area contributed by atoms with Crippen molar-refractivity contribution in [2.45, 2.75) is 48.7 Å². The second-order valence-electron chi connectivity index (χ2n) is 7.55. The average Bonchev–Trinajstić information content (AvgIpc) is 3.07. The van der Waals surface area contributed by atoms with Gasteiger partial charge in [0.15, 0.2) is 12.4 Å². The molecular formula is C20H26O12. The smallest absolute Gasteiger partial charge is 0.328 e. The summed E-state index contributed by atoms with van der Waals surface area (Å²) in [6.45, 7) is -1.86. The zero-order valence-corrected chi connectivity index (χ0v) is 16.8. The van der Waals surface area contributed by atoms with Crippen molar-refractivity contribution < 1.29 is 59.5 Å². The van der Waals surface area contributed by atoms with Crippen LogP contribution in [0.25, 0.3) is 6.08 Å². The lowest BCUT2D eigenvalue weighted by molar-refractivity contribution is -0.318. The SMILES string of the molecule is O=C(O)C=Cc1ccc(O[C@@H]2O[C@H](CO)[C@@H](O)[C@H](O)[C@H]2O[C@@H]2OC[C@](O)(CO)[C@H]2O)cc1. The molecule has 2 aliphatic heterocycles. The molecule has 32 heavy (non-hydrogen) atoms. The Balaban J connectivity index is 1.76. The van der Waals surface area contributed by atoms with Crippen molar-refractivity contribution in [3.63, 3.8) is 0 Å². The number of carboxylic acids is 1. The van der Waals surface area contributed by atoms with Crippen molar-refractivity contribution in [2.24, 2.45) is 0 Å². The lowest BCUT2D eigenvalue weighted by Crippen LogP contribution is -2.62. The first-order valence-electron chi connectivity index (χ1n) is 9.77. The maximum atomic E-state index is 10.6. The minimum Gasteiger partial charge on any atom is -0.478 e. The van der Waals surface area contributed by atoms with Crippen LogP contribution in [0, 0.1) is 0 Å². The zero-order valence-electron chi connectivity index (χ0n) is 16.8. The topological polar surface area (TPSA) is 196 Å². The van der Waals surface area contributed by atoms with E-state index in [9.17, 15) is 35.4 Å². The molecule has 0 radical (unpaired) electrons. The first kappa shape index (κ1) is 24.5. The lowest BCUT2D eigenvalue weighted by atomic mass is 9.98. The van der Waals surface area contributed by atoms with Gasteiger partial charge < -0.3 is 54.7 Å². The van der Waals surface area contributed by atoms with Gasteiger partial charge >= 0.3 is 5.97 Å². The molecule has 2 aliphatic rings. The van der Waals surface area contributed by atoms with E-state index in [1.165, 1.54) is 18.2 Å². The van der Waals surface area contributed by atoms with Crippen molar-refractivity contribution in [1.29, 1.82) is 0 Å². The average molecular weight is 458 g/mol. The van der Waals surface area contributed by atoms with Gasteiger partial charge in [-0.2, -0.15) is 0 Å². The molecule has 0 aliphatic carbocycles. The second kappa shape index (κ2) is 10.2. The van der Waals surface area contributed by atoms with Gasteiger partial charge in [-0.3, -0.25) is 0 Å². The van der Waals surface area contributed by atoms with Crippen LogP contribution < -0.4 is 4.74 Å². The molecule has 1 aromatic rings. The van der Waals surface area contributed by atoms with E-state index < -0.39 is 74.5 Å². The molecular weight excluding hydrogens is 432 g/mol. The van der Waals surface area contributed by atoms with E-state index in [2.05, 4.69) is 0 Å². The van der Waals surface area contributed by atoms with Gasteiger partial charge in [-0.25, -0.2) is 4.79 Å². The van der Waals surface area contributed by atoms with E-state index in [1.54, 1.807) is 12.1 Å². The lowest BCUT2D eigenvalue weighted by Gasteiger charge is -2.42. The van der Waals surface area contributed by atoms with Crippen LogP contribution in [0.15, 0.2) is 30.3 Å². The standard InChI is InChI=1S/C20H26O12/c21-7-12-14(25)15(26)16(32-19-17(27)20(28,8-22)9-29-19)18(31-12)30-11-4-1-10(2-5-11)3-6-13(23)24/h1-6,12,14-19,21-22,25-28H,7-9H2,(H,23,24)/t12-,14-,15+,16-,17+,18-,19+,20-/m1/s1. The molecule has 178 valence electrons. The summed E-state index contributed by atoms with van der Waals surface area (Å²) in [4.78, 5) is 10.6. The Hall–Kier alpha value is -2.13. The number of aliphatic hydroxyl groups excluding tert-OH is 5. The molecule has 0 unspecified atom stereocenters. The fraction of sp³-hybridized carbons (Fsp3) is 0.550. The van der Waals surface area contributed by atoms with Crippen molar-refractivity contribution in [1.82, 2.24) is 0 Å². The minimum atomic E-state index is -1.97. The number of hydrogen-bond donors (Lipinski definition) is 7. The number of rotatable bonds is 8. The number of carboxylic acid groups (broad SMARTS) is 1. The summed E-state index contributed by atoms with van der Waals surface area (Å²) in [6, 6.07) is 6.12. The summed E-state index contributed by atoms with van der Waals surface area (Å²) in [5.41, 5.74) is -1.39. The number of aliphatic carboxylic acids is 1. The highest BCUT2D eigenvalue weighted by Gasteiger charge is 2.53. The number of aliphatic hydroxyl groups is 6. The third kappa shape index (κ3) is 5.26. The van der Waals surface area contributed by atoms with E-state index in [0.717, 1.165) is 6.08 Å². The van der Waals surface area contributed by atoms with Crippen molar-refractivity contribution in [3.8, 4) is 5.75 Å². The number of hydrogen-bond acceptors (Lipinski definition) is 11. The molecule has 0 bridgehead atoms. The molecule has 0 amide bonds. The van der Waals surface area contributed by atoms with Gasteiger partial charge in [0.1, 0.15) is 35.8 Å². The molecule has 3 rings (SSSR count). The third-order valence-electron chi connectivity index (χ3n) is 5.25. The Morgan fingerprint density at radius 2 is 1.81 bits per heavy atom. The van der Waals surface area contributed by atoms with Crippen LogP contribution in [0.4, 0.5) is 0 Å². The highest BCUT2D eigenvalue weighted by atomic mass is 16.8. The Morgan fingerprint density at radius 1 is 1.12 bits per heavy atom. The summed E-state index contributed by atoms with van der Waals surface area (Å²) < 4.78 is 22.0. The predicted octanol–water partition coefficient (Wildman–Crippen LogP) is -2.57. The second-order valence-corrected chi connectivity index (χ2v) is 7.55. The zero-order chi connectivity index (χ0) is 23.5. The largest absolute Gasteiger partial charge is 0.478 e. The van der Waals surface area contributed by atoms with Crippen molar-refractivity contribution in [2.75, 3.05) is 19.8 Å². The van der Waals surface area contributed by atoms with Crippen LogP contribution in [0.5, 0.6) is 5.75 Å². The molecule has 0 aromatic heterocycles. The van der Waals surface area contributed by atoms with Gasteiger partial charge in [0.2, 0.25) is 6.29 Å². The van der Waals surface area contributed by atoms with Crippen LogP contribution in [0.1, 0.15) is 5.56 Å². The monoisotopic (exact) mass is 458 g/mol. The Kier molecular flexibility index (Phi) is 7.82. The van der Waals surface area contributed by atoms with Crippen LogP contribution in [0.3, 0.4) is 0 Å². The molecule has 2 saturated heterocycles. The molecule has 2 fully saturated rings. The fourth-order valence-electron chi connectivity index (χ4n) is 3.32. The Labute approximate surface area is 182 Å². The normalized spacial score (nSPS) is 37.6. The molecule has 7 N–H and O–H groups in total. The predicted molar refractivity (Wildman–Crippen MR) is 104 cm³/mol. The van der Waals surface area contributed by atoms with E-state index in [4.69, 9.17) is 24.1 Å². The minimum absolute atomic E-state index is 0.233. The van der Waals surface area contributed by atoms with Crippen molar-refractivity contribution in [3.05, 3.63) is 35.9 Å². The molecule has 0 saturated carbocycles. The molecule has 0 spiro atoms. The fourth-order valence-corrected chi connectivity index (χ4v) is 3.32. The van der Waals surface area contributed by atoms with Crippen LogP contribution in [-0.2, 0) is 19.0 Å². The Morgan fingerprint density at radius 3 is 2.38 bits per heavy atom. The van der Waals surface area contributed by atoms with E-state index in [0.29, 0.717) is 5.56 Å². The van der Waals surface area contributed by atoms with Crippen LogP contribution >= 0.6 is 0 Å². The first-order chi connectivity index (χ1) is 15.2. The number of carbonyl (C=O) groups is 1. The molecule has 2 heterocycles. The number of ether oxygens (including phenoxy) is 4.